The van der Waals surface area contributed by atoms with Crippen molar-refractivity contribution in [2.45, 2.75) is 21.7 Å². The lowest BCUT2D eigenvalue weighted by Gasteiger charge is -2.21. The van der Waals surface area contributed by atoms with Crippen molar-refractivity contribution >= 4 is 35.0 Å². The van der Waals surface area contributed by atoms with E-state index in [0.29, 0.717) is 16.7 Å². The molecule has 1 rings (SSSR count). The van der Waals surface area contributed by atoms with E-state index in [9.17, 15) is 13.2 Å². The van der Waals surface area contributed by atoms with Crippen LogP contribution in [0.15, 0.2) is 29.2 Å². The SMILES string of the molecule is Cc1ccc(SC(Cl)(Cl)C(F)(F)F)cc1. The number of benzene rings is 1. The molecule has 0 fully saturated rings. The van der Waals surface area contributed by atoms with Gasteiger partial charge in [0.05, 0.1) is 0 Å². The highest BCUT2D eigenvalue weighted by Crippen LogP contribution is 2.51. The molecule has 84 valence electrons. The monoisotopic (exact) mass is 274 g/mol. The second-order valence-corrected chi connectivity index (χ2v) is 5.99. The number of hydrogen-bond acceptors (Lipinski definition) is 1. The third-order valence-electron chi connectivity index (χ3n) is 1.60. The first-order valence-electron chi connectivity index (χ1n) is 3.92. The van der Waals surface area contributed by atoms with Gasteiger partial charge >= 0.3 is 6.18 Å². The van der Waals surface area contributed by atoms with Gasteiger partial charge in [-0.1, -0.05) is 52.7 Å². The van der Waals surface area contributed by atoms with Gasteiger partial charge < -0.3 is 0 Å². The quantitative estimate of drug-likeness (QED) is 0.553. The lowest BCUT2D eigenvalue weighted by atomic mass is 10.2. The van der Waals surface area contributed by atoms with Crippen LogP contribution in [-0.2, 0) is 0 Å². The summed E-state index contributed by atoms with van der Waals surface area (Å²) in [5.41, 5.74) is 0.959. The molecule has 0 saturated carbocycles. The average molecular weight is 275 g/mol. The smallest absolute Gasteiger partial charge is 0.167 e. The molecule has 0 bridgehead atoms. The maximum absolute atomic E-state index is 12.3. The van der Waals surface area contributed by atoms with Gasteiger partial charge in [-0.25, -0.2) is 0 Å². The summed E-state index contributed by atoms with van der Waals surface area (Å²) in [6.45, 7) is 1.84. The van der Waals surface area contributed by atoms with Crippen molar-refractivity contribution in [3.63, 3.8) is 0 Å². The van der Waals surface area contributed by atoms with Crippen LogP contribution in [0.25, 0.3) is 0 Å². The molecule has 0 spiro atoms. The topological polar surface area (TPSA) is 0 Å². The first-order chi connectivity index (χ1) is 6.72. The van der Waals surface area contributed by atoms with Gasteiger partial charge in [0.1, 0.15) is 0 Å². The average Bonchev–Trinajstić information content (AvgIpc) is 2.06. The molecular formula is C9H7Cl2F3S. The van der Waals surface area contributed by atoms with Crippen LogP contribution in [0.5, 0.6) is 0 Å². The predicted molar refractivity (Wildman–Crippen MR) is 57.5 cm³/mol. The molecule has 0 aliphatic carbocycles. The number of alkyl halides is 5. The lowest BCUT2D eigenvalue weighted by Crippen LogP contribution is -2.30. The van der Waals surface area contributed by atoms with Crippen LogP contribution in [0.4, 0.5) is 13.2 Å². The molecule has 0 aliphatic rings. The Morgan fingerprint density at radius 2 is 1.53 bits per heavy atom. The molecule has 0 aromatic heterocycles. The minimum Gasteiger partial charge on any atom is -0.167 e. The maximum Gasteiger partial charge on any atom is 0.431 e. The predicted octanol–water partition coefficient (Wildman–Crippen LogP) is 4.78. The van der Waals surface area contributed by atoms with Gasteiger partial charge in [-0.3, -0.25) is 0 Å². The summed E-state index contributed by atoms with van der Waals surface area (Å²) in [5, 5.41) is 0. The second-order valence-electron chi connectivity index (χ2n) is 2.93. The Bertz CT molecular complexity index is 332. The highest BCUT2D eigenvalue weighted by molar-refractivity contribution is 8.03. The summed E-state index contributed by atoms with van der Waals surface area (Å²) >= 11 is 10.7. The minimum absolute atomic E-state index is 0.367. The summed E-state index contributed by atoms with van der Waals surface area (Å²) in [7, 11) is 0. The molecule has 0 atom stereocenters. The van der Waals surface area contributed by atoms with E-state index in [-0.39, 0.29) is 0 Å². The molecule has 15 heavy (non-hydrogen) atoms. The number of hydrogen-bond donors (Lipinski definition) is 0. The van der Waals surface area contributed by atoms with Crippen LogP contribution in [0.1, 0.15) is 5.56 Å². The molecule has 0 radical (unpaired) electrons. The van der Waals surface area contributed by atoms with E-state index >= 15 is 0 Å². The van der Waals surface area contributed by atoms with Gasteiger partial charge in [-0.05, 0) is 19.1 Å². The van der Waals surface area contributed by atoms with Gasteiger partial charge in [-0.2, -0.15) is 13.2 Å². The molecule has 0 nitrogen and oxygen atoms in total. The van der Waals surface area contributed by atoms with Gasteiger partial charge in [0.2, 0.25) is 0 Å². The van der Waals surface area contributed by atoms with Crippen molar-refractivity contribution in [3.05, 3.63) is 29.8 Å². The zero-order valence-electron chi connectivity index (χ0n) is 7.61. The van der Waals surface area contributed by atoms with Crippen molar-refractivity contribution in [3.8, 4) is 0 Å². The summed E-state index contributed by atoms with van der Waals surface area (Å²) in [6.07, 6.45) is -4.66. The second kappa shape index (κ2) is 4.44. The van der Waals surface area contributed by atoms with Crippen molar-refractivity contribution in [1.82, 2.24) is 0 Å². The molecule has 0 N–H and O–H groups in total. The zero-order chi connectivity index (χ0) is 11.7. The van der Waals surface area contributed by atoms with Crippen LogP contribution in [-0.4, -0.2) is 9.84 Å². The highest BCUT2D eigenvalue weighted by Gasteiger charge is 2.53. The molecule has 1 aromatic rings. The molecular weight excluding hydrogens is 268 g/mol. The zero-order valence-corrected chi connectivity index (χ0v) is 9.94. The standard InChI is InChI=1S/C9H7Cl2F3S/c1-6-2-4-7(5-3-6)15-8(10,11)9(12,13)14/h2-5H,1H3. The van der Waals surface area contributed by atoms with Gasteiger partial charge in [0.15, 0.2) is 0 Å². The van der Waals surface area contributed by atoms with Gasteiger partial charge in [-0.15, -0.1) is 0 Å². The van der Waals surface area contributed by atoms with E-state index in [4.69, 9.17) is 23.2 Å². The summed E-state index contributed by atoms with van der Waals surface area (Å²) in [5.74, 6) is 0. The number of thioether (sulfide) groups is 1. The molecule has 0 amide bonds. The minimum atomic E-state index is -4.66. The van der Waals surface area contributed by atoms with Gasteiger partial charge in [0, 0.05) is 4.90 Å². The van der Waals surface area contributed by atoms with Crippen molar-refractivity contribution in [2.75, 3.05) is 0 Å². The molecule has 0 unspecified atom stereocenters. The van der Waals surface area contributed by atoms with Crippen LogP contribution in [0, 0.1) is 6.92 Å². The Morgan fingerprint density at radius 1 is 1.07 bits per heavy atom. The maximum atomic E-state index is 12.3. The van der Waals surface area contributed by atoms with Crippen molar-refractivity contribution < 1.29 is 13.2 Å². The number of rotatable bonds is 2. The third-order valence-corrected chi connectivity index (χ3v) is 3.48. The van der Waals surface area contributed by atoms with E-state index in [2.05, 4.69) is 0 Å². The fourth-order valence-electron chi connectivity index (χ4n) is 0.812. The highest BCUT2D eigenvalue weighted by atomic mass is 35.5. The normalized spacial score (nSPS) is 12.9. The Morgan fingerprint density at radius 3 is 1.93 bits per heavy atom. The first-order valence-corrected chi connectivity index (χ1v) is 5.50. The van der Waals surface area contributed by atoms with Crippen LogP contribution in [0.2, 0.25) is 0 Å². The molecule has 6 heteroatoms. The number of halogens is 5. The van der Waals surface area contributed by atoms with E-state index in [1.807, 2.05) is 6.92 Å². The Labute approximate surface area is 99.8 Å². The lowest BCUT2D eigenvalue weighted by molar-refractivity contribution is -0.122. The van der Waals surface area contributed by atoms with Crippen molar-refractivity contribution in [2.24, 2.45) is 0 Å². The van der Waals surface area contributed by atoms with E-state index in [0.717, 1.165) is 5.56 Å². The first kappa shape index (κ1) is 13.0. The fraction of sp³-hybridized carbons (Fsp3) is 0.333. The Kier molecular flexibility index (Phi) is 3.85. The molecule has 0 heterocycles. The van der Waals surface area contributed by atoms with Gasteiger partial charge in [0.25, 0.3) is 3.67 Å². The summed E-state index contributed by atoms with van der Waals surface area (Å²) in [4.78, 5) is 0.378. The molecule has 0 aliphatic heterocycles. The van der Waals surface area contributed by atoms with E-state index in [1.54, 1.807) is 24.3 Å². The molecule has 1 aromatic carbocycles. The summed E-state index contributed by atoms with van der Waals surface area (Å²) < 4.78 is 34.1. The Hall–Kier alpha value is -0.0600. The fourth-order valence-corrected chi connectivity index (χ4v) is 2.03. The molecule has 0 saturated heterocycles. The summed E-state index contributed by atoms with van der Waals surface area (Å²) in [6, 6.07) is 6.49. The largest absolute Gasteiger partial charge is 0.431 e. The van der Waals surface area contributed by atoms with E-state index < -0.39 is 9.84 Å². The number of aryl methyl sites for hydroxylation is 1. The Balaban J connectivity index is 2.82. The third kappa shape index (κ3) is 3.47. The van der Waals surface area contributed by atoms with E-state index in [1.165, 1.54) is 0 Å². The van der Waals surface area contributed by atoms with Crippen LogP contribution in [0.3, 0.4) is 0 Å². The van der Waals surface area contributed by atoms with Crippen LogP contribution >= 0.6 is 35.0 Å². The van der Waals surface area contributed by atoms with Crippen LogP contribution < -0.4 is 0 Å². The van der Waals surface area contributed by atoms with Crippen molar-refractivity contribution in [1.29, 1.82) is 0 Å².